The molecule has 3 rings (SSSR count). The predicted octanol–water partition coefficient (Wildman–Crippen LogP) is 6.48. The Morgan fingerprint density at radius 2 is 1.58 bits per heavy atom. The third-order valence-electron chi connectivity index (χ3n) is 6.63. The number of aromatic nitrogens is 1. The van der Waals surface area contributed by atoms with Crippen molar-refractivity contribution in [1.29, 1.82) is 0 Å². The first kappa shape index (κ1) is 23.6. The summed E-state index contributed by atoms with van der Waals surface area (Å²) in [6.45, 7) is 11.6. The summed E-state index contributed by atoms with van der Waals surface area (Å²) in [4.78, 5) is 4.35. The maximum atomic E-state index is 6.64. The second-order valence-corrected chi connectivity index (χ2v) is 14.6. The van der Waals surface area contributed by atoms with Crippen LogP contribution in [-0.4, -0.2) is 39.7 Å². The molecule has 1 aliphatic rings. The molecule has 1 aromatic heterocycles. The average Bonchev–Trinajstić information content (AvgIpc) is 2.74. The van der Waals surface area contributed by atoms with Gasteiger partial charge in [-0.05, 0) is 62.0 Å². The fourth-order valence-corrected chi connectivity index (χ4v) is 5.09. The highest BCUT2D eigenvalue weighted by Gasteiger charge is 2.40. The predicted molar refractivity (Wildman–Crippen MR) is 128 cm³/mol. The van der Waals surface area contributed by atoms with E-state index in [0.717, 1.165) is 48.3 Å². The van der Waals surface area contributed by atoms with E-state index in [4.69, 9.17) is 18.6 Å². The molecule has 0 unspecified atom stereocenters. The number of benzene rings is 1. The third-order valence-corrected chi connectivity index (χ3v) is 11.2. The van der Waals surface area contributed by atoms with Crippen LogP contribution in [0.15, 0.2) is 36.5 Å². The van der Waals surface area contributed by atoms with Crippen molar-refractivity contribution in [1.82, 2.24) is 4.98 Å². The van der Waals surface area contributed by atoms with Gasteiger partial charge in [0.2, 0.25) is 5.88 Å². The van der Waals surface area contributed by atoms with Crippen molar-refractivity contribution in [3.05, 3.63) is 36.5 Å². The van der Waals surface area contributed by atoms with Crippen molar-refractivity contribution in [3.8, 4) is 28.5 Å². The van der Waals surface area contributed by atoms with Crippen LogP contribution in [0.25, 0.3) is 11.1 Å². The Balaban J connectivity index is 1.70. The molecule has 0 bridgehead atoms. The van der Waals surface area contributed by atoms with Gasteiger partial charge in [0, 0.05) is 35.6 Å². The lowest BCUT2D eigenvalue weighted by molar-refractivity contribution is 0.0727. The molecular formula is C25H37NO4Si. The van der Waals surface area contributed by atoms with Crippen LogP contribution in [0.3, 0.4) is 0 Å². The second-order valence-electron chi connectivity index (χ2n) is 9.85. The highest BCUT2D eigenvalue weighted by Crippen LogP contribution is 2.40. The molecule has 0 amide bonds. The van der Waals surface area contributed by atoms with Gasteiger partial charge in [0.1, 0.15) is 11.5 Å². The Morgan fingerprint density at radius 3 is 2.13 bits per heavy atom. The van der Waals surface area contributed by atoms with Crippen LogP contribution >= 0.6 is 0 Å². The standard InChI is InChI=1S/C25H37NO4Si/c1-25(2,3)31(6,7)30-20-11-9-19(10-12-20)29-23-16-21(27-4)13-14-22(23)18-8-15-24(28-5)26-17-18/h8,13-17,19-20H,9-12H2,1-7H3/t19-,20+. The first-order valence-electron chi connectivity index (χ1n) is 11.2. The molecular weight excluding hydrogens is 406 g/mol. The summed E-state index contributed by atoms with van der Waals surface area (Å²) in [5.41, 5.74) is 2.00. The number of methoxy groups -OCH3 is 2. The van der Waals surface area contributed by atoms with Crippen molar-refractivity contribution >= 4 is 8.32 Å². The van der Waals surface area contributed by atoms with Gasteiger partial charge in [-0.2, -0.15) is 0 Å². The van der Waals surface area contributed by atoms with Crippen LogP contribution in [0.2, 0.25) is 18.1 Å². The van der Waals surface area contributed by atoms with Crippen molar-refractivity contribution in [2.24, 2.45) is 0 Å². The van der Waals surface area contributed by atoms with E-state index in [-0.39, 0.29) is 11.1 Å². The summed E-state index contributed by atoms with van der Waals surface area (Å²) in [6.07, 6.45) is 6.42. The van der Waals surface area contributed by atoms with Crippen LogP contribution in [0, 0.1) is 0 Å². The van der Waals surface area contributed by atoms with Crippen LogP contribution in [0.5, 0.6) is 17.4 Å². The van der Waals surface area contributed by atoms with Crippen LogP contribution in [-0.2, 0) is 4.43 Å². The van der Waals surface area contributed by atoms with E-state index in [0.29, 0.717) is 12.0 Å². The Labute approximate surface area is 188 Å². The highest BCUT2D eigenvalue weighted by atomic mass is 28.4. The molecule has 1 saturated carbocycles. The lowest BCUT2D eigenvalue weighted by atomic mass is 9.95. The largest absolute Gasteiger partial charge is 0.497 e. The van der Waals surface area contributed by atoms with Crippen molar-refractivity contribution in [2.75, 3.05) is 14.2 Å². The van der Waals surface area contributed by atoms with Gasteiger partial charge in [0.05, 0.1) is 20.3 Å². The molecule has 1 aromatic carbocycles. The smallest absolute Gasteiger partial charge is 0.212 e. The van der Waals surface area contributed by atoms with E-state index in [1.807, 2.05) is 36.5 Å². The lowest BCUT2D eigenvalue weighted by Gasteiger charge is -2.41. The van der Waals surface area contributed by atoms with Crippen molar-refractivity contribution in [3.63, 3.8) is 0 Å². The molecule has 170 valence electrons. The monoisotopic (exact) mass is 443 g/mol. The van der Waals surface area contributed by atoms with E-state index in [1.54, 1.807) is 14.2 Å². The molecule has 1 heterocycles. The number of rotatable bonds is 7. The zero-order valence-electron chi connectivity index (χ0n) is 20.0. The fraction of sp³-hybridized carbons (Fsp3) is 0.560. The number of pyridine rings is 1. The van der Waals surface area contributed by atoms with Gasteiger partial charge in [-0.3, -0.25) is 0 Å². The van der Waals surface area contributed by atoms with Crippen LogP contribution in [0.4, 0.5) is 0 Å². The Bertz CT molecular complexity index is 853. The number of ether oxygens (including phenoxy) is 3. The summed E-state index contributed by atoms with van der Waals surface area (Å²) in [6, 6.07) is 9.83. The van der Waals surface area contributed by atoms with Crippen LogP contribution in [0.1, 0.15) is 46.5 Å². The van der Waals surface area contributed by atoms with Crippen molar-refractivity contribution < 1.29 is 18.6 Å². The molecule has 0 N–H and O–H groups in total. The van der Waals surface area contributed by atoms with E-state index in [1.165, 1.54) is 0 Å². The minimum absolute atomic E-state index is 0.177. The van der Waals surface area contributed by atoms with E-state index in [2.05, 4.69) is 38.8 Å². The number of hydrogen-bond donors (Lipinski definition) is 0. The molecule has 2 aromatic rings. The maximum absolute atomic E-state index is 6.64. The molecule has 0 spiro atoms. The molecule has 5 nitrogen and oxygen atoms in total. The third kappa shape index (κ3) is 5.80. The first-order chi connectivity index (χ1) is 14.6. The maximum Gasteiger partial charge on any atom is 0.212 e. The number of hydrogen-bond acceptors (Lipinski definition) is 5. The molecule has 1 aliphatic carbocycles. The Kier molecular flexibility index (Phi) is 7.32. The Morgan fingerprint density at radius 1 is 0.903 bits per heavy atom. The molecule has 1 fully saturated rings. The van der Waals surface area contributed by atoms with Gasteiger partial charge >= 0.3 is 0 Å². The second kappa shape index (κ2) is 9.61. The zero-order valence-corrected chi connectivity index (χ0v) is 21.0. The Hall–Kier alpha value is -2.05. The first-order valence-corrected chi connectivity index (χ1v) is 14.1. The van der Waals surface area contributed by atoms with Gasteiger partial charge in [0.25, 0.3) is 0 Å². The summed E-state index contributed by atoms with van der Waals surface area (Å²) in [7, 11) is 1.56. The zero-order chi connectivity index (χ0) is 22.6. The summed E-state index contributed by atoms with van der Waals surface area (Å²) < 4.78 is 23.8. The van der Waals surface area contributed by atoms with Crippen molar-refractivity contribution in [2.45, 2.75) is 76.8 Å². The minimum atomic E-state index is -1.74. The van der Waals surface area contributed by atoms with E-state index >= 15 is 0 Å². The van der Waals surface area contributed by atoms with Gasteiger partial charge in [-0.1, -0.05) is 20.8 Å². The summed E-state index contributed by atoms with van der Waals surface area (Å²) in [5, 5.41) is 0.238. The van der Waals surface area contributed by atoms with Gasteiger partial charge < -0.3 is 18.6 Å². The SMILES string of the molecule is COc1ccc(-c2ccc(OC)nc2)c(O[C@H]2CC[C@@H](O[Si](C)(C)C(C)(C)C)CC2)c1. The fourth-order valence-electron chi connectivity index (χ4n) is 3.67. The van der Waals surface area contributed by atoms with E-state index < -0.39 is 8.32 Å². The molecule has 0 saturated heterocycles. The van der Waals surface area contributed by atoms with E-state index in [9.17, 15) is 0 Å². The topological polar surface area (TPSA) is 49.8 Å². The van der Waals surface area contributed by atoms with Gasteiger partial charge in [-0.25, -0.2) is 4.98 Å². The average molecular weight is 444 g/mol. The number of nitrogens with zero attached hydrogens (tertiary/aromatic N) is 1. The molecule has 31 heavy (non-hydrogen) atoms. The highest BCUT2D eigenvalue weighted by molar-refractivity contribution is 6.74. The van der Waals surface area contributed by atoms with Gasteiger partial charge in [0.15, 0.2) is 8.32 Å². The van der Waals surface area contributed by atoms with Gasteiger partial charge in [-0.15, -0.1) is 0 Å². The minimum Gasteiger partial charge on any atom is -0.497 e. The summed E-state index contributed by atoms with van der Waals surface area (Å²) in [5.74, 6) is 2.22. The molecule has 0 aliphatic heterocycles. The normalized spacial score (nSPS) is 19.7. The molecule has 6 heteroatoms. The summed E-state index contributed by atoms with van der Waals surface area (Å²) >= 11 is 0. The molecule has 0 atom stereocenters. The van der Waals surface area contributed by atoms with Crippen LogP contribution < -0.4 is 14.2 Å². The molecule has 0 radical (unpaired) electrons. The quantitative estimate of drug-likeness (QED) is 0.459. The lowest BCUT2D eigenvalue weighted by Crippen LogP contribution is -2.45.